The fourth-order valence-corrected chi connectivity index (χ4v) is 3.24. The van der Waals surface area contributed by atoms with Crippen LogP contribution in [0.5, 0.6) is 11.5 Å². The van der Waals surface area contributed by atoms with E-state index in [1.165, 1.54) is 0 Å². The van der Waals surface area contributed by atoms with Gasteiger partial charge in [-0.25, -0.2) is 0 Å². The summed E-state index contributed by atoms with van der Waals surface area (Å²) in [4.78, 5) is 24.4. The first kappa shape index (κ1) is 21.8. The molecule has 5 heteroatoms. The quantitative estimate of drug-likeness (QED) is 0.415. The molecule has 0 aromatic heterocycles. The van der Waals surface area contributed by atoms with Gasteiger partial charge in [0.15, 0.2) is 11.5 Å². The smallest absolute Gasteiger partial charge is 0.252 e. The van der Waals surface area contributed by atoms with Crippen LogP contribution in [0.3, 0.4) is 0 Å². The van der Waals surface area contributed by atoms with Crippen LogP contribution >= 0.6 is 0 Å². The number of hydrogen-bond donors (Lipinski definition) is 1. The maximum atomic E-state index is 12.9. The van der Waals surface area contributed by atoms with Gasteiger partial charge in [-0.2, -0.15) is 0 Å². The lowest BCUT2D eigenvalue weighted by Crippen LogP contribution is -2.37. The largest absolute Gasteiger partial charge is 0.493 e. The van der Waals surface area contributed by atoms with Gasteiger partial charge in [0.05, 0.1) is 20.3 Å². The lowest BCUT2D eigenvalue weighted by Gasteiger charge is -2.14. The highest BCUT2D eigenvalue weighted by Crippen LogP contribution is 2.28. The number of benzene rings is 3. The molecule has 0 saturated carbocycles. The van der Waals surface area contributed by atoms with Crippen LogP contribution in [0, 0.1) is 0 Å². The van der Waals surface area contributed by atoms with E-state index in [0.717, 1.165) is 23.0 Å². The van der Waals surface area contributed by atoms with Crippen molar-refractivity contribution >= 4 is 24.3 Å². The van der Waals surface area contributed by atoms with Crippen molar-refractivity contribution in [1.29, 1.82) is 0 Å². The number of hydrogen-bond acceptors (Lipinski definition) is 4. The predicted octanol–water partition coefficient (Wildman–Crippen LogP) is 4.41. The first-order chi connectivity index (χ1) is 15.1. The van der Waals surface area contributed by atoms with Crippen molar-refractivity contribution in [3.05, 3.63) is 95.1 Å². The highest BCUT2D eigenvalue weighted by atomic mass is 16.5. The van der Waals surface area contributed by atoms with E-state index in [2.05, 4.69) is 5.32 Å². The van der Waals surface area contributed by atoms with Gasteiger partial charge < -0.3 is 19.6 Å². The third kappa shape index (κ3) is 5.82. The molecule has 1 amide bonds. The normalized spacial score (nSPS) is 11.7. The first-order valence-electron chi connectivity index (χ1n) is 9.94. The Hall–Kier alpha value is -3.86. The number of aldehydes is 1. The van der Waals surface area contributed by atoms with Crippen LogP contribution < -0.4 is 14.8 Å². The summed E-state index contributed by atoms with van der Waals surface area (Å²) in [7, 11) is 3.18. The molecule has 5 nitrogen and oxygen atoms in total. The molecule has 0 aliphatic heterocycles. The topological polar surface area (TPSA) is 64.6 Å². The fraction of sp³-hybridized carbons (Fsp3) is 0.154. The molecule has 3 rings (SSSR count). The van der Waals surface area contributed by atoms with Gasteiger partial charge in [-0.15, -0.1) is 0 Å². The minimum absolute atomic E-state index is 0.291. The maximum absolute atomic E-state index is 12.9. The summed E-state index contributed by atoms with van der Waals surface area (Å²) in [6.07, 6.45) is 4.98. The lowest BCUT2D eigenvalue weighted by molar-refractivity contribution is -0.109. The van der Waals surface area contributed by atoms with Gasteiger partial charge in [-0.3, -0.25) is 4.79 Å². The summed E-state index contributed by atoms with van der Waals surface area (Å²) >= 11 is 0. The molecule has 0 unspecified atom stereocenters. The molecule has 0 bridgehead atoms. The molecule has 3 aromatic rings. The zero-order valence-corrected chi connectivity index (χ0v) is 17.6. The lowest BCUT2D eigenvalue weighted by atomic mass is 10.0. The van der Waals surface area contributed by atoms with Crippen molar-refractivity contribution in [2.24, 2.45) is 0 Å². The fourth-order valence-electron chi connectivity index (χ4n) is 3.24. The number of ether oxygens (including phenoxy) is 2. The van der Waals surface area contributed by atoms with Gasteiger partial charge >= 0.3 is 0 Å². The van der Waals surface area contributed by atoms with E-state index < -0.39 is 6.04 Å². The van der Waals surface area contributed by atoms with Crippen molar-refractivity contribution in [2.75, 3.05) is 14.2 Å². The van der Waals surface area contributed by atoms with Crippen molar-refractivity contribution in [1.82, 2.24) is 5.32 Å². The third-order valence-electron chi connectivity index (χ3n) is 4.85. The standard InChI is InChI=1S/C26H25NO4/c1-30-24-15-13-20(17-25(24)31-2)12-14-21-10-6-7-11-23(21)26(29)27-22(18-28)16-19-8-4-3-5-9-19/h3-15,17-18,22H,16H2,1-2H3,(H,27,29)/b14-12+/t22-/m0/s1. The van der Waals surface area contributed by atoms with Crippen LogP contribution in [0.4, 0.5) is 0 Å². The molecule has 0 spiro atoms. The van der Waals surface area contributed by atoms with E-state index >= 15 is 0 Å². The Labute approximate surface area is 182 Å². The van der Waals surface area contributed by atoms with E-state index in [4.69, 9.17) is 9.47 Å². The monoisotopic (exact) mass is 415 g/mol. The Morgan fingerprint density at radius 3 is 2.32 bits per heavy atom. The maximum Gasteiger partial charge on any atom is 0.252 e. The van der Waals surface area contributed by atoms with E-state index in [1.54, 1.807) is 26.4 Å². The van der Waals surface area contributed by atoms with E-state index in [0.29, 0.717) is 23.5 Å². The van der Waals surface area contributed by atoms with Crippen molar-refractivity contribution in [2.45, 2.75) is 12.5 Å². The molecule has 0 aliphatic rings. The molecule has 0 heterocycles. The van der Waals surface area contributed by atoms with E-state index in [9.17, 15) is 9.59 Å². The minimum atomic E-state index is -0.599. The Balaban J connectivity index is 1.77. The molecule has 0 saturated heterocycles. The van der Waals surface area contributed by atoms with Crippen molar-refractivity contribution in [3.8, 4) is 11.5 Å². The second-order valence-electron chi connectivity index (χ2n) is 6.94. The zero-order valence-electron chi connectivity index (χ0n) is 17.6. The molecule has 1 N–H and O–H groups in total. The van der Waals surface area contributed by atoms with Gasteiger partial charge in [0, 0.05) is 5.56 Å². The highest BCUT2D eigenvalue weighted by Gasteiger charge is 2.15. The van der Waals surface area contributed by atoms with Crippen molar-refractivity contribution < 1.29 is 19.1 Å². The molecule has 0 radical (unpaired) electrons. The van der Waals surface area contributed by atoms with Gasteiger partial charge in [-0.05, 0) is 41.3 Å². The molecule has 0 fully saturated rings. The van der Waals surface area contributed by atoms with Crippen molar-refractivity contribution in [3.63, 3.8) is 0 Å². The first-order valence-corrected chi connectivity index (χ1v) is 9.94. The van der Waals surface area contributed by atoms with Gasteiger partial charge in [0.1, 0.15) is 6.29 Å². The second kappa shape index (κ2) is 10.8. The number of nitrogens with one attached hydrogen (secondary N) is 1. The van der Waals surface area contributed by atoms with E-state index in [1.807, 2.05) is 72.8 Å². The van der Waals surface area contributed by atoms with Crippen LogP contribution in [0.25, 0.3) is 12.2 Å². The molecule has 0 aliphatic carbocycles. The number of carbonyl (C=O) groups is 2. The zero-order chi connectivity index (χ0) is 22.1. The third-order valence-corrected chi connectivity index (χ3v) is 4.85. The summed E-state index contributed by atoms with van der Waals surface area (Å²) in [6, 6.07) is 21.9. The molecule has 1 atom stereocenters. The molecule has 158 valence electrons. The van der Waals surface area contributed by atoms with Gasteiger partial charge in [0.2, 0.25) is 0 Å². The highest BCUT2D eigenvalue weighted by molar-refractivity contribution is 5.99. The molecule has 31 heavy (non-hydrogen) atoms. The molecular formula is C26H25NO4. The summed E-state index contributed by atoms with van der Waals surface area (Å²) in [5, 5.41) is 2.83. The Morgan fingerprint density at radius 1 is 0.903 bits per heavy atom. The van der Waals surface area contributed by atoms with Crippen LogP contribution in [-0.4, -0.2) is 32.5 Å². The summed E-state index contributed by atoms with van der Waals surface area (Å²) in [5.41, 5.74) is 3.14. The van der Waals surface area contributed by atoms with Crippen LogP contribution in [-0.2, 0) is 11.2 Å². The van der Waals surface area contributed by atoms with Crippen LogP contribution in [0.2, 0.25) is 0 Å². The van der Waals surface area contributed by atoms with E-state index in [-0.39, 0.29) is 5.91 Å². The Bertz CT molecular complexity index is 1060. The van der Waals surface area contributed by atoms with Crippen LogP contribution in [0.15, 0.2) is 72.8 Å². The second-order valence-corrected chi connectivity index (χ2v) is 6.94. The molecular weight excluding hydrogens is 390 g/mol. The predicted molar refractivity (Wildman–Crippen MR) is 122 cm³/mol. The van der Waals surface area contributed by atoms with Gasteiger partial charge in [-0.1, -0.05) is 66.7 Å². The number of methoxy groups -OCH3 is 2. The van der Waals surface area contributed by atoms with Gasteiger partial charge in [0.25, 0.3) is 5.91 Å². The Morgan fingerprint density at radius 2 is 1.61 bits per heavy atom. The Kier molecular flexibility index (Phi) is 7.60. The SMILES string of the molecule is COc1ccc(/C=C/c2ccccc2C(=O)N[C@H](C=O)Cc2ccccc2)cc1OC. The number of amides is 1. The molecule has 3 aromatic carbocycles. The minimum Gasteiger partial charge on any atom is -0.493 e. The summed E-state index contributed by atoms with van der Waals surface area (Å²) in [5.74, 6) is 0.990. The average molecular weight is 415 g/mol. The summed E-state index contributed by atoms with van der Waals surface area (Å²) in [6.45, 7) is 0. The number of carbonyl (C=O) groups excluding carboxylic acids is 2. The summed E-state index contributed by atoms with van der Waals surface area (Å²) < 4.78 is 10.6. The average Bonchev–Trinajstić information content (AvgIpc) is 2.82. The number of rotatable bonds is 9. The van der Waals surface area contributed by atoms with Crippen LogP contribution in [0.1, 0.15) is 27.0 Å².